The molecule has 2 aliphatic rings. The zero-order chi connectivity index (χ0) is 25.5. The topological polar surface area (TPSA) is 101 Å². The monoisotopic (exact) mass is 481 g/mol. The molecule has 1 atom stereocenters. The number of fused-ring (bicyclic) bond motifs is 1. The molecule has 2 amide bonds. The molecular formula is C27H39N5O3. The van der Waals surface area contributed by atoms with Crippen LogP contribution in [0.4, 0.5) is 11.4 Å². The molecule has 8 nitrogen and oxygen atoms in total. The number of nitrogens with one attached hydrogen (secondary N) is 1. The van der Waals surface area contributed by atoms with Crippen molar-refractivity contribution in [1.29, 1.82) is 0 Å². The maximum atomic E-state index is 12.9. The van der Waals surface area contributed by atoms with Gasteiger partial charge in [-0.05, 0) is 49.4 Å². The number of aromatic nitrogens is 1. The number of anilines is 2. The predicted molar refractivity (Wildman–Crippen MR) is 140 cm³/mol. The number of amides is 2. The predicted octanol–water partition coefficient (Wildman–Crippen LogP) is 3.91. The molecule has 2 heterocycles. The van der Waals surface area contributed by atoms with E-state index in [9.17, 15) is 9.59 Å². The van der Waals surface area contributed by atoms with Gasteiger partial charge in [0.15, 0.2) is 0 Å². The third-order valence-corrected chi connectivity index (χ3v) is 6.50. The molecule has 1 aromatic heterocycles. The molecule has 4 rings (SSSR count). The standard InChI is InChI=1S/C22H27N5O3.C5H12/c1-14(16-4-8-20(30-2)24-13-16)25-22(29)15-3-7-18-19(11-15)27(21(28)12-23)10-9-26(18)17-5-6-17;1-4-5(2)3/h3-4,7-8,11,13-14,17H,5-6,9-10,12,23H2,1-2H3,(H,25,29);5H,4H2,1-3H3. The highest BCUT2D eigenvalue weighted by Crippen LogP contribution is 2.40. The van der Waals surface area contributed by atoms with E-state index in [4.69, 9.17) is 10.5 Å². The van der Waals surface area contributed by atoms with Crippen LogP contribution in [0.1, 0.15) is 68.9 Å². The Balaban J connectivity index is 0.000000623. The van der Waals surface area contributed by atoms with E-state index in [0.717, 1.165) is 29.4 Å². The maximum Gasteiger partial charge on any atom is 0.251 e. The minimum Gasteiger partial charge on any atom is -0.481 e. The lowest BCUT2D eigenvalue weighted by atomic mass is 10.1. The molecule has 8 heteroatoms. The Hall–Kier alpha value is -3.13. The summed E-state index contributed by atoms with van der Waals surface area (Å²) in [5.74, 6) is 1.07. The van der Waals surface area contributed by atoms with Crippen molar-refractivity contribution < 1.29 is 14.3 Å². The first-order valence-corrected chi connectivity index (χ1v) is 12.5. The number of methoxy groups -OCH3 is 1. The van der Waals surface area contributed by atoms with E-state index >= 15 is 0 Å². The van der Waals surface area contributed by atoms with Crippen LogP contribution in [0, 0.1) is 5.92 Å². The van der Waals surface area contributed by atoms with Crippen LogP contribution in [0.2, 0.25) is 0 Å². The number of carbonyl (C=O) groups is 2. The van der Waals surface area contributed by atoms with E-state index in [-0.39, 0.29) is 24.4 Å². The first kappa shape index (κ1) is 26.5. The van der Waals surface area contributed by atoms with Crippen molar-refractivity contribution in [1.82, 2.24) is 10.3 Å². The van der Waals surface area contributed by atoms with Crippen LogP contribution in [-0.2, 0) is 4.79 Å². The van der Waals surface area contributed by atoms with Gasteiger partial charge in [-0.25, -0.2) is 4.98 Å². The third kappa shape index (κ3) is 6.72. The molecular weight excluding hydrogens is 442 g/mol. The van der Waals surface area contributed by atoms with Crippen LogP contribution in [-0.4, -0.2) is 49.6 Å². The lowest BCUT2D eigenvalue weighted by Crippen LogP contribution is -2.47. The van der Waals surface area contributed by atoms with E-state index in [2.05, 4.69) is 36.0 Å². The van der Waals surface area contributed by atoms with Crippen LogP contribution < -0.4 is 25.6 Å². The molecule has 35 heavy (non-hydrogen) atoms. The molecule has 0 radical (unpaired) electrons. The smallest absolute Gasteiger partial charge is 0.251 e. The average Bonchev–Trinajstić information content (AvgIpc) is 3.73. The van der Waals surface area contributed by atoms with Gasteiger partial charge >= 0.3 is 0 Å². The van der Waals surface area contributed by atoms with E-state index in [1.165, 1.54) is 19.3 Å². The minimum atomic E-state index is -0.225. The number of benzene rings is 1. The Morgan fingerprint density at radius 2 is 1.86 bits per heavy atom. The van der Waals surface area contributed by atoms with Crippen LogP contribution in [0.15, 0.2) is 36.5 Å². The van der Waals surface area contributed by atoms with E-state index < -0.39 is 0 Å². The van der Waals surface area contributed by atoms with Gasteiger partial charge in [0.2, 0.25) is 11.8 Å². The van der Waals surface area contributed by atoms with E-state index in [0.29, 0.717) is 24.0 Å². The van der Waals surface area contributed by atoms with Gasteiger partial charge in [0.25, 0.3) is 5.91 Å². The zero-order valence-electron chi connectivity index (χ0n) is 21.6. The van der Waals surface area contributed by atoms with Gasteiger partial charge in [0.05, 0.1) is 31.1 Å². The quantitative estimate of drug-likeness (QED) is 0.622. The number of hydrogen-bond donors (Lipinski definition) is 2. The summed E-state index contributed by atoms with van der Waals surface area (Å²) in [6.07, 6.45) is 5.33. The second-order valence-electron chi connectivity index (χ2n) is 9.51. The largest absolute Gasteiger partial charge is 0.481 e. The van der Waals surface area contributed by atoms with Crippen molar-refractivity contribution in [3.63, 3.8) is 0 Å². The van der Waals surface area contributed by atoms with Crippen molar-refractivity contribution >= 4 is 23.2 Å². The second kappa shape index (κ2) is 12.0. The lowest BCUT2D eigenvalue weighted by Gasteiger charge is -2.38. The van der Waals surface area contributed by atoms with Crippen LogP contribution in [0.25, 0.3) is 0 Å². The normalized spacial score (nSPS) is 15.6. The van der Waals surface area contributed by atoms with Crippen molar-refractivity contribution in [3.05, 3.63) is 47.7 Å². The summed E-state index contributed by atoms with van der Waals surface area (Å²) in [4.78, 5) is 33.5. The Morgan fingerprint density at radius 1 is 1.14 bits per heavy atom. The number of carbonyl (C=O) groups excluding carboxylic acids is 2. The van der Waals surface area contributed by atoms with Gasteiger partial charge < -0.3 is 25.6 Å². The van der Waals surface area contributed by atoms with Gasteiger partial charge in [-0.2, -0.15) is 0 Å². The first-order chi connectivity index (χ1) is 16.8. The zero-order valence-corrected chi connectivity index (χ0v) is 21.6. The highest BCUT2D eigenvalue weighted by Gasteiger charge is 2.35. The van der Waals surface area contributed by atoms with Gasteiger partial charge in [-0.3, -0.25) is 9.59 Å². The Kier molecular flexibility index (Phi) is 9.09. The molecule has 2 aromatic rings. The number of rotatable bonds is 7. The van der Waals surface area contributed by atoms with Crippen molar-refractivity contribution in [2.45, 2.75) is 59.0 Å². The number of ether oxygens (including phenoxy) is 1. The molecule has 0 saturated heterocycles. The highest BCUT2D eigenvalue weighted by atomic mass is 16.5. The summed E-state index contributed by atoms with van der Waals surface area (Å²) >= 11 is 0. The second-order valence-corrected chi connectivity index (χ2v) is 9.51. The fourth-order valence-electron chi connectivity index (χ4n) is 3.84. The van der Waals surface area contributed by atoms with Crippen molar-refractivity contribution in [2.75, 3.05) is 36.5 Å². The molecule has 0 spiro atoms. The minimum absolute atomic E-state index is 0.0548. The molecule has 1 fully saturated rings. The van der Waals surface area contributed by atoms with Gasteiger partial charge in [0.1, 0.15) is 0 Å². The number of hydrogen-bond acceptors (Lipinski definition) is 6. The fraction of sp³-hybridized carbons (Fsp3) is 0.519. The summed E-state index contributed by atoms with van der Waals surface area (Å²) in [6, 6.07) is 9.50. The molecule has 1 aromatic carbocycles. The summed E-state index contributed by atoms with van der Waals surface area (Å²) in [7, 11) is 1.56. The Bertz CT molecular complexity index is 1000. The molecule has 1 unspecified atom stereocenters. The van der Waals surface area contributed by atoms with Crippen LogP contribution >= 0.6 is 0 Å². The summed E-state index contributed by atoms with van der Waals surface area (Å²) in [5.41, 5.74) is 8.76. The van der Waals surface area contributed by atoms with Crippen molar-refractivity contribution in [2.24, 2.45) is 11.7 Å². The molecule has 0 bridgehead atoms. The average molecular weight is 482 g/mol. The SMILES string of the molecule is CCC(C)C.COc1ccc(C(C)NC(=O)c2ccc3c(c2)N(C(=O)CN)CCN3C2CC2)cn1. The highest BCUT2D eigenvalue weighted by molar-refractivity contribution is 6.02. The van der Waals surface area contributed by atoms with Gasteiger partial charge in [-0.1, -0.05) is 33.3 Å². The summed E-state index contributed by atoms with van der Waals surface area (Å²) < 4.78 is 5.08. The Labute approximate surface area is 208 Å². The van der Waals surface area contributed by atoms with Crippen LogP contribution in [0.3, 0.4) is 0 Å². The number of pyridine rings is 1. The molecule has 1 saturated carbocycles. The van der Waals surface area contributed by atoms with Gasteiger partial charge in [-0.15, -0.1) is 0 Å². The van der Waals surface area contributed by atoms with Crippen LogP contribution in [0.5, 0.6) is 5.88 Å². The van der Waals surface area contributed by atoms with Gasteiger partial charge in [0, 0.05) is 37.0 Å². The third-order valence-electron chi connectivity index (χ3n) is 6.50. The fourth-order valence-corrected chi connectivity index (χ4v) is 3.84. The molecule has 190 valence electrons. The summed E-state index contributed by atoms with van der Waals surface area (Å²) in [5, 5.41) is 3.00. The number of nitrogens with two attached hydrogens (primary N) is 1. The number of nitrogens with zero attached hydrogens (tertiary/aromatic N) is 3. The lowest BCUT2D eigenvalue weighted by molar-refractivity contribution is -0.117. The summed E-state index contributed by atoms with van der Waals surface area (Å²) in [6.45, 7) is 9.86. The molecule has 3 N–H and O–H groups in total. The molecule has 1 aliphatic carbocycles. The molecule has 1 aliphatic heterocycles. The maximum absolute atomic E-state index is 12.9. The van der Waals surface area contributed by atoms with E-state index in [1.807, 2.05) is 25.1 Å². The van der Waals surface area contributed by atoms with Crippen molar-refractivity contribution in [3.8, 4) is 5.88 Å². The van der Waals surface area contributed by atoms with E-state index in [1.54, 1.807) is 30.3 Å². The first-order valence-electron chi connectivity index (χ1n) is 12.5. The Morgan fingerprint density at radius 3 is 2.40 bits per heavy atom.